The summed E-state index contributed by atoms with van der Waals surface area (Å²) in [6, 6.07) is 8.66. The number of nitrogens with one attached hydrogen (secondary N) is 3. The number of nitrogens with zero attached hydrogens (tertiary/aromatic N) is 3. The lowest BCUT2D eigenvalue weighted by Crippen LogP contribution is -2.43. The highest BCUT2D eigenvalue weighted by atomic mass is 16.3. The third kappa shape index (κ3) is 5.84. The fourth-order valence-electron chi connectivity index (χ4n) is 4.69. The zero-order valence-electron chi connectivity index (χ0n) is 20.3. The average molecular weight is 468 g/mol. The molecule has 1 aliphatic carbocycles. The van der Waals surface area contributed by atoms with Crippen molar-refractivity contribution in [2.75, 3.05) is 37.3 Å². The van der Waals surface area contributed by atoms with E-state index >= 15 is 0 Å². The van der Waals surface area contributed by atoms with Gasteiger partial charge in [0.05, 0.1) is 11.8 Å². The van der Waals surface area contributed by atoms with E-state index in [9.17, 15) is 9.90 Å². The second-order valence-corrected chi connectivity index (χ2v) is 9.84. The number of aliphatic hydroxyl groups is 1. The van der Waals surface area contributed by atoms with Gasteiger partial charge in [0.2, 0.25) is 0 Å². The molecule has 0 spiro atoms. The van der Waals surface area contributed by atoms with Crippen molar-refractivity contribution in [2.24, 2.45) is 5.73 Å². The van der Waals surface area contributed by atoms with Crippen molar-refractivity contribution in [3.05, 3.63) is 41.2 Å². The van der Waals surface area contributed by atoms with Gasteiger partial charge in [-0.05, 0) is 56.3 Å². The van der Waals surface area contributed by atoms with Gasteiger partial charge in [0.1, 0.15) is 0 Å². The zero-order chi connectivity index (χ0) is 24.2. The summed E-state index contributed by atoms with van der Waals surface area (Å²) < 4.78 is 0. The number of amides is 1. The van der Waals surface area contributed by atoms with Crippen molar-refractivity contribution in [1.29, 1.82) is 0 Å². The molecule has 2 heterocycles. The summed E-state index contributed by atoms with van der Waals surface area (Å²) in [5, 5.41) is 20.2. The van der Waals surface area contributed by atoms with Gasteiger partial charge < -0.3 is 31.7 Å². The number of carbonyl (C=O) groups is 1. The SMILES string of the molecule is CC(C)c1nc(C(N)=O)c(Nc2ccc(C3CN(C)CCN3)cc2)nc1N[C@H]1CC[C@H](O)CC1. The van der Waals surface area contributed by atoms with E-state index in [4.69, 9.17) is 10.7 Å². The van der Waals surface area contributed by atoms with Crippen molar-refractivity contribution in [1.82, 2.24) is 20.2 Å². The number of rotatable bonds is 7. The molecule has 1 aliphatic heterocycles. The van der Waals surface area contributed by atoms with E-state index in [1.54, 1.807) is 0 Å². The number of aromatic nitrogens is 2. The van der Waals surface area contributed by atoms with Crippen LogP contribution in [0.5, 0.6) is 0 Å². The molecule has 1 aromatic carbocycles. The summed E-state index contributed by atoms with van der Waals surface area (Å²) in [7, 11) is 2.13. The van der Waals surface area contributed by atoms with E-state index in [1.165, 1.54) is 5.56 Å². The highest BCUT2D eigenvalue weighted by Gasteiger charge is 2.24. The Morgan fingerprint density at radius 3 is 2.47 bits per heavy atom. The summed E-state index contributed by atoms with van der Waals surface area (Å²) in [6.07, 6.45) is 3.05. The predicted octanol–water partition coefficient (Wildman–Crippen LogP) is 2.73. The number of carbonyl (C=O) groups excluding carboxylic acids is 1. The Kier molecular flexibility index (Phi) is 7.65. The van der Waals surface area contributed by atoms with Crippen LogP contribution in [0.25, 0.3) is 0 Å². The van der Waals surface area contributed by atoms with Crippen LogP contribution in [0, 0.1) is 0 Å². The smallest absolute Gasteiger partial charge is 0.271 e. The van der Waals surface area contributed by atoms with Crippen LogP contribution >= 0.6 is 0 Å². The number of hydrogen-bond acceptors (Lipinski definition) is 8. The Bertz CT molecular complexity index is 988. The molecule has 2 fully saturated rings. The summed E-state index contributed by atoms with van der Waals surface area (Å²) in [5.74, 6) is 0.459. The van der Waals surface area contributed by atoms with Crippen LogP contribution in [-0.2, 0) is 0 Å². The lowest BCUT2D eigenvalue weighted by atomic mass is 9.93. The van der Waals surface area contributed by atoms with Crippen molar-refractivity contribution in [3.63, 3.8) is 0 Å². The van der Waals surface area contributed by atoms with E-state index in [2.05, 4.69) is 45.0 Å². The third-order valence-electron chi connectivity index (χ3n) is 6.69. The number of anilines is 3. The minimum Gasteiger partial charge on any atom is -0.393 e. The highest BCUT2D eigenvalue weighted by Crippen LogP contribution is 2.30. The van der Waals surface area contributed by atoms with E-state index < -0.39 is 5.91 Å². The third-order valence-corrected chi connectivity index (χ3v) is 6.69. The molecule has 4 rings (SSSR count). The van der Waals surface area contributed by atoms with E-state index in [-0.39, 0.29) is 23.8 Å². The van der Waals surface area contributed by atoms with Gasteiger partial charge in [-0.15, -0.1) is 0 Å². The topological polar surface area (TPSA) is 128 Å². The van der Waals surface area contributed by atoms with E-state index in [1.807, 2.05) is 26.0 Å². The summed E-state index contributed by atoms with van der Waals surface area (Å²) in [5.41, 5.74) is 8.56. The normalized spacial score (nSPS) is 23.6. The van der Waals surface area contributed by atoms with Gasteiger partial charge in [0.15, 0.2) is 17.3 Å². The first kappa shape index (κ1) is 24.4. The number of benzene rings is 1. The molecule has 1 unspecified atom stereocenters. The number of nitrogens with two attached hydrogens (primary N) is 1. The van der Waals surface area contributed by atoms with E-state index in [0.717, 1.165) is 51.0 Å². The molecule has 6 N–H and O–H groups in total. The minimum atomic E-state index is -0.615. The monoisotopic (exact) mass is 467 g/mol. The Labute approximate surface area is 201 Å². The summed E-state index contributed by atoms with van der Waals surface area (Å²) in [4.78, 5) is 24.0. The highest BCUT2D eigenvalue weighted by molar-refractivity contribution is 5.96. The molecule has 0 radical (unpaired) electrons. The number of likely N-dealkylation sites (N-methyl/N-ethyl adjacent to an activating group) is 1. The molecule has 0 bridgehead atoms. The number of aliphatic hydroxyl groups excluding tert-OH is 1. The van der Waals surface area contributed by atoms with Gasteiger partial charge in [-0.2, -0.15) is 0 Å². The quantitative estimate of drug-likeness (QED) is 0.420. The summed E-state index contributed by atoms with van der Waals surface area (Å²) >= 11 is 0. The Balaban J connectivity index is 1.57. The van der Waals surface area contributed by atoms with Crippen LogP contribution in [0.15, 0.2) is 24.3 Å². The maximum Gasteiger partial charge on any atom is 0.271 e. The number of primary amides is 1. The van der Waals surface area contributed by atoms with Crippen LogP contribution < -0.4 is 21.7 Å². The van der Waals surface area contributed by atoms with Gasteiger partial charge in [0.25, 0.3) is 5.91 Å². The van der Waals surface area contributed by atoms with Gasteiger partial charge in [0, 0.05) is 37.4 Å². The van der Waals surface area contributed by atoms with Gasteiger partial charge in [-0.25, -0.2) is 9.97 Å². The Hall–Kier alpha value is -2.75. The molecule has 1 aromatic heterocycles. The lowest BCUT2D eigenvalue weighted by Gasteiger charge is -2.31. The van der Waals surface area contributed by atoms with Crippen LogP contribution in [0.4, 0.5) is 17.3 Å². The number of piperazine rings is 1. The summed E-state index contributed by atoms with van der Waals surface area (Å²) in [6.45, 7) is 7.03. The largest absolute Gasteiger partial charge is 0.393 e. The predicted molar refractivity (Wildman–Crippen MR) is 134 cm³/mol. The fourth-order valence-corrected chi connectivity index (χ4v) is 4.69. The second kappa shape index (κ2) is 10.7. The minimum absolute atomic E-state index is 0.0664. The molecule has 34 heavy (non-hydrogen) atoms. The first-order valence-electron chi connectivity index (χ1n) is 12.3. The number of hydrogen-bond donors (Lipinski definition) is 5. The lowest BCUT2D eigenvalue weighted by molar-refractivity contribution is 0.0995. The van der Waals surface area contributed by atoms with Crippen molar-refractivity contribution in [2.45, 2.75) is 63.6 Å². The first-order chi connectivity index (χ1) is 16.3. The van der Waals surface area contributed by atoms with Crippen LogP contribution in [-0.4, -0.2) is 64.7 Å². The molecule has 1 saturated heterocycles. The maximum absolute atomic E-state index is 12.2. The van der Waals surface area contributed by atoms with Crippen LogP contribution in [0.3, 0.4) is 0 Å². The standard InChI is InChI=1S/C25H37N7O2/c1-15(2)21-24(28-18-8-10-19(33)11-9-18)31-25(22(30-21)23(26)34)29-17-6-4-16(5-7-17)20-14-32(3)13-12-27-20/h4-7,15,18-20,27,33H,8-14H2,1-3H3,(H2,26,34)(H2,28,29,31)/t18-,19-,20?. The van der Waals surface area contributed by atoms with Gasteiger partial charge in [-0.3, -0.25) is 4.79 Å². The Morgan fingerprint density at radius 2 is 1.85 bits per heavy atom. The average Bonchev–Trinajstić information content (AvgIpc) is 2.81. The maximum atomic E-state index is 12.2. The van der Waals surface area contributed by atoms with Gasteiger partial charge >= 0.3 is 0 Å². The van der Waals surface area contributed by atoms with Crippen molar-refractivity contribution < 1.29 is 9.90 Å². The van der Waals surface area contributed by atoms with Crippen LogP contribution in [0.1, 0.15) is 73.2 Å². The van der Waals surface area contributed by atoms with Crippen molar-refractivity contribution in [3.8, 4) is 0 Å². The molecular weight excluding hydrogens is 430 g/mol. The van der Waals surface area contributed by atoms with Gasteiger partial charge in [-0.1, -0.05) is 26.0 Å². The molecule has 184 valence electrons. The molecule has 1 atom stereocenters. The second-order valence-electron chi connectivity index (χ2n) is 9.84. The first-order valence-corrected chi connectivity index (χ1v) is 12.3. The van der Waals surface area contributed by atoms with Crippen molar-refractivity contribution >= 4 is 23.2 Å². The van der Waals surface area contributed by atoms with Crippen LogP contribution in [0.2, 0.25) is 0 Å². The molecule has 1 amide bonds. The molecule has 9 nitrogen and oxygen atoms in total. The fraction of sp³-hybridized carbons (Fsp3) is 0.560. The molecule has 2 aliphatic rings. The molecule has 2 aromatic rings. The molecule has 9 heteroatoms. The zero-order valence-corrected chi connectivity index (χ0v) is 20.3. The molecular formula is C25H37N7O2. The Morgan fingerprint density at radius 1 is 1.15 bits per heavy atom. The molecule has 1 saturated carbocycles. The van der Waals surface area contributed by atoms with E-state index in [0.29, 0.717) is 23.4 Å².